The molecule has 162 valence electrons. The Bertz CT molecular complexity index is 1150. The highest BCUT2D eigenvalue weighted by Gasteiger charge is 2.69. The summed E-state index contributed by atoms with van der Waals surface area (Å²) in [5.74, 6) is 3.04. The molecule has 0 radical (unpaired) electrons. The Morgan fingerprint density at radius 1 is 1.13 bits per heavy atom. The van der Waals surface area contributed by atoms with Crippen molar-refractivity contribution >= 4 is 11.5 Å². The summed E-state index contributed by atoms with van der Waals surface area (Å²) in [4.78, 5) is 20.6. The highest BCUT2D eigenvalue weighted by molar-refractivity contribution is 5.45. The molecule has 0 aromatic carbocycles. The molecule has 1 atom stereocenters. The zero-order valence-corrected chi connectivity index (χ0v) is 18.2. The molecule has 4 heterocycles. The number of rotatable bonds is 5. The van der Waals surface area contributed by atoms with Crippen molar-refractivity contribution in [1.82, 2.24) is 29.5 Å². The molecule has 0 amide bonds. The van der Waals surface area contributed by atoms with E-state index in [1.165, 1.54) is 0 Å². The number of anilines is 1. The Balaban J connectivity index is 1.15. The molecule has 31 heavy (non-hydrogen) atoms. The number of fused-ring (bicyclic) bond motifs is 1. The summed E-state index contributed by atoms with van der Waals surface area (Å²) in [5, 5.41) is 13.9. The fraction of sp³-hybridized carbons (Fsp3) is 0.591. The first-order valence-electron chi connectivity index (χ1n) is 11.0. The van der Waals surface area contributed by atoms with Gasteiger partial charge in [0.15, 0.2) is 5.75 Å². The van der Waals surface area contributed by atoms with Crippen molar-refractivity contribution in [3.63, 3.8) is 0 Å². The number of hydrogen-bond donors (Lipinski definition) is 1. The molecule has 3 aromatic heterocycles. The molecular weight excluding hydrogens is 394 g/mol. The second-order valence-corrected chi connectivity index (χ2v) is 9.69. The second-order valence-electron chi connectivity index (χ2n) is 9.69. The molecule has 0 unspecified atom stereocenters. The lowest BCUT2D eigenvalue weighted by atomic mass is 9.35. The van der Waals surface area contributed by atoms with E-state index in [1.54, 1.807) is 4.52 Å². The smallest absolute Gasteiger partial charge is 0.253 e. The van der Waals surface area contributed by atoms with Crippen molar-refractivity contribution in [3.8, 4) is 5.75 Å². The Morgan fingerprint density at radius 2 is 1.87 bits per heavy atom. The quantitative estimate of drug-likeness (QED) is 0.667. The van der Waals surface area contributed by atoms with Crippen LogP contribution in [-0.2, 0) is 5.41 Å². The third kappa shape index (κ3) is 2.75. The molecule has 9 heteroatoms. The highest BCUT2D eigenvalue weighted by Crippen LogP contribution is 2.72. The van der Waals surface area contributed by atoms with Crippen LogP contribution in [0, 0.1) is 26.2 Å². The van der Waals surface area contributed by atoms with E-state index in [1.807, 2.05) is 33.2 Å². The first kappa shape index (κ1) is 18.9. The first-order valence-corrected chi connectivity index (χ1v) is 11.0. The minimum absolute atomic E-state index is 0.0722. The average molecular weight is 422 g/mol. The van der Waals surface area contributed by atoms with E-state index < -0.39 is 0 Å². The van der Waals surface area contributed by atoms with E-state index in [4.69, 9.17) is 14.7 Å². The van der Waals surface area contributed by atoms with Gasteiger partial charge in [-0.15, -0.1) is 5.10 Å². The van der Waals surface area contributed by atoms with Gasteiger partial charge in [0.05, 0.1) is 36.0 Å². The van der Waals surface area contributed by atoms with Gasteiger partial charge in [0, 0.05) is 25.0 Å². The molecule has 7 rings (SSSR count). The monoisotopic (exact) mass is 421 g/mol. The summed E-state index contributed by atoms with van der Waals surface area (Å²) < 4.78 is 8.14. The Morgan fingerprint density at radius 3 is 2.58 bits per heavy atom. The van der Waals surface area contributed by atoms with Gasteiger partial charge in [-0.25, -0.2) is 15.0 Å². The van der Waals surface area contributed by atoms with Gasteiger partial charge in [-0.2, -0.15) is 9.50 Å². The molecule has 4 aliphatic rings. The Kier molecular flexibility index (Phi) is 3.88. The summed E-state index contributed by atoms with van der Waals surface area (Å²) in [7, 11) is 0. The number of hydrogen-bond acceptors (Lipinski definition) is 8. The van der Waals surface area contributed by atoms with Gasteiger partial charge in [-0.1, -0.05) is 0 Å². The molecule has 3 saturated carbocycles. The first-order chi connectivity index (χ1) is 14.9. The zero-order chi connectivity index (χ0) is 21.4. The number of aliphatic hydroxyl groups excluding tert-OH is 1. The van der Waals surface area contributed by atoms with E-state index in [0.717, 1.165) is 67.4 Å². The second kappa shape index (κ2) is 6.35. The normalized spacial score (nSPS) is 29.2. The highest BCUT2D eigenvalue weighted by atomic mass is 16.5. The number of aromatic nitrogens is 6. The van der Waals surface area contributed by atoms with Crippen LogP contribution in [0.4, 0.5) is 5.69 Å². The molecule has 4 fully saturated rings. The predicted octanol–water partition coefficient (Wildman–Crippen LogP) is 1.91. The van der Waals surface area contributed by atoms with Crippen molar-refractivity contribution in [2.24, 2.45) is 5.41 Å². The van der Waals surface area contributed by atoms with Crippen molar-refractivity contribution in [3.05, 3.63) is 35.4 Å². The molecule has 1 saturated heterocycles. The van der Waals surface area contributed by atoms with Crippen LogP contribution in [-0.4, -0.2) is 60.5 Å². The zero-order valence-electron chi connectivity index (χ0n) is 18.2. The number of aryl methyl sites for hydroxylation is 3. The van der Waals surface area contributed by atoms with Crippen LogP contribution in [0.25, 0.3) is 5.78 Å². The van der Waals surface area contributed by atoms with Crippen LogP contribution in [0.5, 0.6) is 5.75 Å². The van der Waals surface area contributed by atoms with E-state index >= 15 is 0 Å². The van der Waals surface area contributed by atoms with Crippen molar-refractivity contribution < 1.29 is 9.84 Å². The minimum atomic E-state index is 0.0722. The fourth-order valence-electron chi connectivity index (χ4n) is 5.82. The summed E-state index contributed by atoms with van der Waals surface area (Å²) in [6, 6.07) is 0. The number of ether oxygens (including phenoxy) is 1. The fourth-order valence-corrected chi connectivity index (χ4v) is 5.82. The summed E-state index contributed by atoms with van der Waals surface area (Å²) in [5.41, 5.74) is 3.09. The molecule has 3 aromatic rings. The lowest BCUT2D eigenvalue weighted by Gasteiger charge is -2.69. The molecule has 1 N–H and O–H groups in total. The molecule has 2 bridgehead atoms. The lowest BCUT2D eigenvalue weighted by molar-refractivity contribution is -0.172. The SMILES string of the molecule is Cc1nc2nc(C)c(O[C@@H]3CCN(c4cnc(C56CC(CO)(C5)C6)nc4)C3)c(C)n2n1. The van der Waals surface area contributed by atoms with Gasteiger partial charge in [-0.05, 0) is 45.4 Å². The van der Waals surface area contributed by atoms with Gasteiger partial charge in [-0.3, -0.25) is 0 Å². The van der Waals surface area contributed by atoms with Crippen LogP contribution in [0.1, 0.15) is 48.7 Å². The van der Waals surface area contributed by atoms with Crippen molar-refractivity contribution in [2.45, 2.75) is 58.0 Å². The van der Waals surface area contributed by atoms with Crippen molar-refractivity contribution in [2.75, 3.05) is 24.6 Å². The number of nitrogens with zero attached hydrogens (tertiary/aromatic N) is 7. The Labute approximate surface area is 180 Å². The maximum absolute atomic E-state index is 9.48. The van der Waals surface area contributed by atoms with Gasteiger partial charge in [0.2, 0.25) is 0 Å². The maximum atomic E-state index is 9.48. The predicted molar refractivity (Wildman–Crippen MR) is 113 cm³/mol. The summed E-state index contributed by atoms with van der Waals surface area (Å²) in [6.07, 6.45) is 7.96. The summed E-state index contributed by atoms with van der Waals surface area (Å²) in [6.45, 7) is 7.80. The van der Waals surface area contributed by atoms with Gasteiger partial charge >= 0.3 is 0 Å². The average Bonchev–Trinajstić information content (AvgIpc) is 3.30. The van der Waals surface area contributed by atoms with E-state index in [9.17, 15) is 5.11 Å². The van der Waals surface area contributed by atoms with Crippen LogP contribution < -0.4 is 9.64 Å². The molecule has 9 nitrogen and oxygen atoms in total. The summed E-state index contributed by atoms with van der Waals surface area (Å²) >= 11 is 0. The van der Waals surface area contributed by atoms with E-state index in [-0.39, 0.29) is 16.9 Å². The van der Waals surface area contributed by atoms with Gasteiger partial charge in [0.25, 0.3) is 5.78 Å². The topological polar surface area (TPSA) is 102 Å². The maximum Gasteiger partial charge on any atom is 0.253 e. The molecule has 1 aliphatic heterocycles. The van der Waals surface area contributed by atoms with Gasteiger partial charge in [0.1, 0.15) is 17.8 Å². The largest absolute Gasteiger partial charge is 0.485 e. The van der Waals surface area contributed by atoms with E-state index in [2.05, 4.69) is 20.0 Å². The van der Waals surface area contributed by atoms with Crippen LogP contribution in [0.3, 0.4) is 0 Å². The third-order valence-electron chi connectivity index (χ3n) is 7.32. The molecular formula is C22H27N7O2. The molecule has 0 spiro atoms. The minimum Gasteiger partial charge on any atom is -0.485 e. The third-order valence-corrected chi connectivity index (χ3v) is 7.32. The van der Waals surface area contributed by atoms with Gasteiger partial charge < -0.3 is 14.7 Å². The van der Waals surface area contributed by atoms with Crippen molar-refractivity contribution in [1.29, 1.82) is 0 Å². The number of aliphatic hydroxyl groups is 1. The van der Waals surface area contributed by atoms with Crippen LogP contribution >= 0.6 is 0 Å². The lowest BCUT2D eigenvalue weighted by Crippen LogP contribution is -2.66. The standard InChI is InChI=1S/C22H27N7O2/c1-13-18(14(2)29-20(25-13)26-15(3)27-29)31-17-4-5-28(8-17)16-6-23-19(24-7-16)22-9-21(10-22,11-22)12-30/h6-7,17,30H,4-5,8-12H2,1-3H3/t17-,21?,22?/m1/s1. The van der Waals surface area contributed by atoms with Crippen LogP contribution in [0.2, 0.25) is 0 Å². The van der Waals surface area contributed by atoms with E-state index in [0.29, 0.717) is 18.2 Å². The Hall–Kier alpha value is -2.81. The van der Waals surface area contributed by atoms with Crippen LogP contribution in [0.15, 0.2) is 12.4 Å². The molecule has 3 aliphatic carbocycles.